The first-order valence-electron chi connectivity index (χ1n) is 10.6. The van der Waals surface area contributed by atoms with Crippen LogP contribution in [0.15, 0.2) is 48.7 Å². The van der Waals surface area contributed by atoms with Crippen molar-refractivity contribution in [3.63, 3.8) is 0 Å². The summed E-state index contributed by atoms with van der Waals surface area (Å²) in [5.41, 5.74) is 1.72. The van der Waals surface area contributed by atoms with Crippen molar-refractivity contribution in [3.05, 3.63) is 54.4 Å². The molecule has 0 unspecified atom stereocenters. The molecule has 2 amide bonds. The highest BCUT2D eigenvalue weighted by Gasteiger charge is 2.43. The lowest BCUT2D eigenvalue weighted by molar-refractivity contribution is -0.123. The summed E-state index contributed by atoms with van der Waals surface area (Å²) in [4.78, 5) is 35.9. The zero-order chi connectivity index (χ0) is 20.9. The van der Waals surface area contributed by atoms with E-state index in [-0.39, 0.29) is 24.3 Å². The Balaban J connectivity index is 1.32. The van der Waals surface area contributed by atoms with E-state index in [1.165, 1.54) is 4.90 Å². The van der Waals surface area contributed by atoms with E-state index in [1.807, 2.05) is 25.3 Å². The monoisotopic (exact) mass is 408 g/mol. The molecule has 4 rings (SSSR count). The predicted molar refractivity (Wildman–Crippen MR) is 114 cm³/mol. The van der Waals surface area contributed by atoms with Crippen molar-refractivity contribution in [3.8, 4) is 5.75 Å². The number of carbonyl (C=O) groups is 2. The van der Waals surface area contributed by atoms with Crippen LogP contribution in [-0.4, -0.2) is 72.0 Å². The summed E-state index contributed by atoms with van der Waals surface area (Å²) < 4.78 is 5.45. The van der Waals surface area contributed by atoms with Gasteiger partial charge in [0, 0.05) is 51.0 Å². The number of imide groups is 1. The maximum Gasteiger partial charge on any atom is 0.251 e. The Bertz CT molecular complexity index is 864. The molecule has 2 aliphatic heterocycles. The van der Waals surface area contributed by atoms with Gasteiger partial charge in [-0.25, -0.2) is 4.90 Å². The third-order valence-corrected chi connectivity index (χ3v) is 5.79. The highest BCUT2D eigenvalue weighted by Crippen LogP contribution is 2.28. The van der Waals surface area contributed by atoms with Gasteiger partial charge in [-0.1, -0.05) is 6.07 Å². The molecule has 2 aliphatic rings. The number of benzene rings is 1. The van der Waals surface area contributed by atoms with E-state index in [4.69, 9.17) is 4.74 Å². The Morgan fingerprint density at radius 2 is 1.80 bits per heavy atom. The molecule has 0 N–H and O–H groups in total. The number of nitrogens with zero attached hydrogens (tertiary/aromatic N) is 4. The SMILES string of the molecule is CCOc1ccc(N2C(=O)C[C@@H](N3CCN(CCc4ccccn4)CC3)C2=O)cc1. The number of aromatic nitrogens is 1. The molecule has 0 radical (unpaired) electrons. The molecular formula is C23H28N4O3. The molecule has 2 fully saturated rings. The number of hydrogen-bond acceptors (Lipinski definition) is 6. The summed E-state index contributed by atoms with van der Waals surface area (Å²) in [5, 5.41) is 0. The van der Waals surface area contributed by atoms with Gasteiger partial charge >= 0.3 is 0 Å². The van der Waals surface area contributed by atoms with Crippen molar-refractivity contribution in [1.82, 2.24) is 14.8 Å². The van der Waals surface area contributed by atoms with Crippen LogP contribution in [0.25, 0.3) is 0 Å². The number of piperazine rings is 1. The highest BCUT2D eigenvalue weighted by atomic mass is 16.5. The Hall–Kier alpha value is -2.77. The second-order valence-corrected chi connectivity index (χ2v) is 7.66. The first-order valence-corrected chi connectivity index (χ1v) is 10.6. The van der Waals surface area contributed by atoms with Gasteiger partial charge in [-0.2, -0.15) is 0 Å². The summed E-state index contributed by atoms with van der Waals surface area (Å²) >= 11 is 0. The molecule has 3 heterocycles. The van der Waals surface area contributed by atoms with Gasteiger partial charge in [0.15, 0.2) is 0 Å². The molecule has 0 bridgehead atoms. The molecule has 0 aliphatic carbocycles. The Labute approximate surface area is 177 Å². The second-order valence-electron chi connectivity index (χ2n) is 7.66. The van der Waals surface area contributed by atoms with Crippen LogP contribution in [0.4, 0.5) is 5.69 Å². The van der Waals surface area contributed by atoms with Gasteiger partial charge in [-0.15, -0.1) is 0 Å². The minimum Gasteiger partial charge on any atom is -0.494 e. The van der Waals surface area contributed by atoms with E-state index in [0.717, 1.165) is 50.6 Å². The zero-order valence-electron chi connectivity index (χ0n) is 17.4. The minimum atomic E-state index is -0.359. The zero-order valence-corrected chi connectivity index (χ0v) is 17.4. The fraction of sp³-hybridized carbons (Fsp3) is 0.435. The second kappa shape index (κ2) is 9.36. The Morgan fingerprint density at radius 3 is 2.47 bits per heavy atom. The van der Waals surface area contributed by atoms with Gasteiger partial charge < -0.3 is 9.64 Å². The minimum absolute atomic E-state index is 0.119. The quantitative estimate of drug-likeness (QED) is 0.653. The smallest absolute Gasteiger partial charge is 0.251 e. The third kappa shape index (κ3) is 4.52. The van der Waals surface area contributed by atoms with E-state index in [0.29, 0.717) is 12.3 Å². The number of carbonyl (C=O) groups excluding carboxylic acids is 2. The Morgan fingerprint density at radius 1 is 1.03 bits per heavy atom. The van der Waals surface area contributed by atoms with Crippen molar-refractivity contribution in [2.75, 3.05) is 44.2 Å². The maximum absolute atomic E-state index is 13.0. The number of ether oxygens (including phenoxy) is 1. The molecule has 30 heavy (non-hydrogen) atoms. The largest absolute Gasteiger partial charge is 0.494 e. The summed E-state index contributed by atoms with van der Waals surface area (Å²) in [6.07, 6.45) is 3.00. The molecule has 158 valence electrons. The van der Waals surface area contributed by atoms with E-state index in [9.17, 15) is 9.59 Å². The normalized spacial score (nSPS) is 20.7. The number of rotatable bonds is 7. The first-order chi connectivity index (χ1) is 14.7. The van der Waals surface area contributed by atoms with Crippen LogP contribution in [0.1, 0.15) is 19.0 Å². The number of amides is 2. The van der Waals surface area contributed by atoms with Crippen molar-refractivity contribution < 1.29 is 14.3 Å². The number of hydrogen-bond donors (Lipinski definition) is 0. The van der Waals surface area contributed by atoms with Crippen LogP contribution in [0.3, 0.4) is 0 Å². The first kappa shape index (κ1) is 20.5. The molecular weight excluding hydrogens is 380 g/mol. The third-order valence-electron chi connectivity index (χ3n) is 5.79. The van der Waals surface area contributed by atoms with Gasteiger partial charge in [0.1, 0.15) is 5.75 Å². The van der Waals surface area contributed by atoms with Gasteiger partial charge in [-0.3, -0.25) is 19.5 Å². The molecule has 7 nitrogen and oxygen atoms in total. The summed E-state index contributed by atoms with van der Waals surface area (Å²) in [7, 11) is 0. The summed E-state index contributed by atoms with van der Waals surface area (Å²) in [6, 6.07) is 12.8. The van der Waals surface area contributed by atoms with Crippen molar-refractivity contribution in [1.29, 1.82) is 0 Å². The van der Waals surface area contributed by atoms with Gasteiger partial charge in [0.2, 0.25) is 5.91 Å². The van der Waals surface area contributed by atoms with Crippen LogP contribution in [0, 0.1) is 0 Å². The van der Waals surface area contributed by atoms with Crippen LogP contribution in [-0.2, 0) is 16.0 Å². The van der Waals surface area contributed by atoms with E-state index >= 15 is 0 Å². The molecule has 2 saturated heterocycles. The van der Waals surface area contributed by atoms with Gasteiger partial charge in [0.05, 0.1) is 24.8 Å². The fourth-order valence-electron chi connectivity index (χ4n) is 4.15. The predicted octanol–water partition coefficient (Wildman–Crippen LogP) is 1.97. The van der Waals surface area contributed by atoms with Crippen molar-refractivity contribution in [2.24, 2.45) is 0 Å². The molecule has 0 spiro atoms. The molecule has 7 heteroatoms. The number of pyridine rings is 1. The lowest BCUT2D eigenvalue weighted by Crippen LogP contribution is -2.52. The summed E-state index contributed by atoms with van der Waals surface area (Å²) in [6.45, 7) is 6.84. The van der Waals surface area contributed by atoms with Crippen LogP contribution < -0.4 is 9.64 Å². The topological polar surface area (TPSA) is 66.0 Å². The van der Waals surface area contributed by atoms with Gasteiger partial charge in [0.25, 0.3) is 5.91 Å². The van der Waals surface area contributed by atoms with E-state index < -0.39 is 0 Å². The van der Waals surface area contributed by atoms with Crippen LogP contribution >= 0.6 is 0 Å². The van der Waals surface area contributed by atoms with Crippen LogP contribution in [0.5, 0.6) is 5.75 Å². The van der Waals surface area contributed by atoms with Crippen LogP contribution in [0.2, 0.25) is 0 Å². The molecule has 1 aromatic carbocycles. The molecule has 1 atom stereocenters. The Kier molecular flexibility index (Phi) is 6.40. The highest BCUT2D eigenvalue weighted by molar-refractivity contribution is 6.22. The summed E-state index contributed by atoms with van der Waals surface area (Å²) in [5.74, 6) is 0.483. The molecule has 1 aromatic heterocycles. The maximum atomic E-state index is 13.0. The average Bonchev–Trinajstić information content (AvgIpc) is 3.08. The lowest BCUT2D eigenvalue weighted by atomic mass is 10.1. The standard InChI is InChI=1S/C23H28N4O3/c1-2-30-20-8-6-19(7-9-20)27-22(28)17-21(23(27)29)26-15-13-25(14-16-26)12-10-18-5-3-4-11-24-18/h3-9,11,21H,2,10,12-17H2,1H3/t21-/m1/s1. The van der Waals surface area contributed by atoms with Crippen molar-refractivity contribution >= 4 is 17.5 Å². The fourth-order valence-corrected chi connectivity index (χ4v) is 4.15. The van der Waals surface area contributed by atoms with Crippen molar-refractivity contribution in [2.45, 2.75) is 25.8 Å². The van der Waals surface area contributed by atoms with E-state index in [2.05, 4.69) is 20.9 Å². The molecule has 2 aromatic rings. The van der Waals surface area contributed by atoms with E-state index in [1.54, 1.807) is 24.3 Å². The number of anilines is 1. The van der Waals surface area contributed by atoms with Gasteiger partial charge in [-0.05, 0) is 43.3 Å². The lowest BCUT2D eigenvalue weighted by Gasteiger charge is -2.37. The molecule has 0 saturated carbocycles. The average molecular weight is 409 g/mol.